The van der Waals surface area contributed by atoms with E-state index < -0.39 is 0 Å². The SMILES string of the molecule is Cc1cc2c(cc1C(=O)N1CCc3cc(F)ccc31)[nH]c(=O)c1cnn(C3CCOCC3)c12. The van der Waals surface area contributed by atoms with Crippen LogP contribution in [0.3, 0.4) is 0 Å². The van der Waals surface area contributed by atoms with Gasteiger partial charge in [-0.15, -0.1) is 0 Å². The minimum Gasteiger partial charge on any atom is -0.381 e. The van der Waals surface area contributed by atoms with Gasteiger partial charge in [0.15, 0.2) is 0 Å². The Labute approximate surface area is 188 Å². The second-order valence-corrected chi connectivity index (χ2v) is 8.84. The van der Waals surface area contributed by atoms with Gasteiger partial charge in [-0.2, -0.15) is 5.10 Å². The Balaban J connectivity index is 1.48. The number of ether oxygens (including phenoxy) is 1. The van der Waals surface area contributed by atoms with Crippen LogP contribution < -0.4 is 10.5 Å². The number of pyridine rings is 1. The highest BCUT2D eigenvalue weighted by Gasteiger charge is 2.28. The van der Waals surface area contributed by atoms with Crippen molar-refractivity contribution in [3.63, 3.8) is 0 Å². The molecule has 0 atom stereocenters. The maximum absolute atomic E-state index is 13.6. The fourth-order valence-corrected chi connectivity index (χ4v) is 5.16. The lowest BCUT2D eigenvalue weighted by molar-refractivity contribution is 0.0675. The van der Waals surface area contributed by atoms with Gasteiger partial charge in [-0.25, -0.2) is 4.39 Å². The van der Waals surface area contributed by atoms with Gasteiger partial charge in [-0.3, -0.25) is 14.3 Å². The summed E-state index contributed by atoms with van der Waals surface area (Å²) in [5.74, 6) is -0.452. The molecule has 0 saturated carbocycles. The molecule has 1 saturated heterocycles. The lowest BCUT2D eigenvalue weighted by Crippen LogP contribution is -2.29. The second-order valence-electron chi connectivity index (χ2n) is 8.84. The van der Waals surface area contributed by atoms with Gasteiger partial charge in [-0.1, -0.05) is 0 Å². The molecule has 0 radical (unpaired) electrons. The van der Waals surface area contributed by atoms with Crippen LogP contribution in [0, 0.1) is 12.7 Å². The summed E-state index contributed by atoms with van der Waals surface area (Å²) >= 11 is 0. The number of halogens is 1. The normalized spacial score (nSPS) is 16.6. The van der Waals surface area contributed by atoms with E-state index in [2.05, 4.69) is 10.1 Å². The first-order chi connectivity index (χ1) is 16.0. The number of amides is 1. The molecule has 2 aromatic heterocycles. The molecule has 0 unspecified atom stereocenters. The molecule has 1 N–H and O–H groups in total. The molecule has 168 valence electrons. The van der Waals surface area contributed by atoms with E-state index in [0.717, 1.165) is 40.6 Å². The molecule has 0 aliphatic carbocycles. The first kappa shape index (κ1) is 20.1. The fraction of sp³-hybridized carbons (Fsp3) is 0.320. The first-order valence-electron chi connectivity index (χ1n) is 11.2. The Morgan fingerprint density at radius 3 is 2.82 bits per heavy atom. The van der Waals surface area contributed by atoms with E-state index in [0.29, 0.717) is 42.6 Å². The summed E-state index contributed by atoms with van der Waals surface area (Å²) in [5, 5.41) is 5.96. The summed E-state index contributed by atoms with van der Waals surface area (Å²) in [5.41, 5.74) is 4.08. The monoisotopic (exact) mass is 446 g/mol. The summed E-state index contributed by atoms with van der Waals surface area (Å²) in [6.45, 7) is 3.75. The number of hydrogen-bond donors (Lipinski definition) is 1. The van der Waals surface area contributed by atoms with Crippen molar-refractivity contribution < 1.29 is 13.9 Å². The summed E-state index contributed by atoms with van der Waals surface area (Å²) in [6.07, 6.45) is 3.93. The van der Waals surface area contributed by atoms with Crippen LogP contribution in [0.2, 0.25) is 0 Å². The molecule has 2 aromatic carbocycles. The Kier molecular flexibility index (Phi) is 4.58. The van der Waals surface area contributed by atoms with Crippen LogP contribution in [-0.2, 0) is 11.2 Å². The Bertz CT molecular complexity index is 1480. The van der Waals surface area contributed by atoms with Gasteiger partial charge in [0.25, 0.3) is 11.5 Å². The molecule has 7 nitrogen and oxygen atoms in total. The van der Waals surface area contributed by atoms with Crippen LogP contribution in [0.5, 0.6) is 0 Å². The van der Waals surface area contributed by atoms with Crippen molar-refractivity contribution >= 4 is 33.4 Å². The molecule has 2 aliphatic heterocycles. The maximum Gasteiger partial charge on any atom is 0.259 e. The number of anilines is 1. The molecule has 8 heteroatoms. The average molecular weight is 446 g/mol. The largest absolute Gasteiger partial charge is 0.381 e. The third-order valence-corrected chi connectivity index (χ3v) is 6.86. The topological polar surface area (TPSA) is 80.2 Å². The molecule has 33 heavy (non-hydrogen) atoms. The fourth-order valence-electron chi connectivity index (χ4n) is 5.16. The van der Waals surface area contributed by atoms with Crippen molar-refractivity contribution in [3.05, 3.63) is 69.4 Å². The van der Waals surface area contributed by atoms with Gasteiger partial charge in [0.1, 0.15) is 5.82 Å². The third kappa shape index (κ3) is 3.16. The molecular weight excluding hydrogens is 423 g/mol. The van der Waals surface area contributed by atoms with Crippen molar-refractivity contribution in [1.82, 2.24) is 14.8 Å². The second kappa shape index (κ2) is 7.52. The summed E-state index contributed by atoms with van der Waals surface area (Å²) < 4.78 is 21.0. The van der Waals surface area contributed by atoms with Gasteiger partial charge in [0, 0.05) is 36.4 Å². The average Bonchev–Trinajstić information content (AvgIpc) is 3.44. The number of nitrogens with zero attached hydrogens (tertiary/aromatic N) is 3. The number of carbonyl (C=O) groups excluding carboxylic acids is 1. The van der Waals surface area contributed by atoms with Gasteiger partial charge in [-0.05, 0) is 67.6 Å². The highest BCUT2D eigenvalue weighted by Crippen LogP contribution is 2.33. The number of hydrogen-bond acceptors (Lipinski definition) is 4. The zero-order valence-corrected chi connectivity index (χ0v) is 18.2. The molecule has 1 amide bonds. The number of aromatic nitrogens is 3. The molecule has 0 bridgehead atoms. The van der Waals surface area contributed by atoms with Crippen LogP contribution in [-0.4, -0.2) is 40.4 Å². The van der Waals surface area contributed by atoms with Gasteiger partial charge in [0.2, 0.25) is 0 Å². The number of nitrogens with one attached hydrogen (secondary N) is 1. The van der Waals surface area contributed by atoms with E-state index in [9.17, 15) is 14.0 Å². The van der Waals surface area contributed by atoms with Gasteiger partial charge >= 0.3 is 0 Å². The van der Waals surface area contributed by atoms with Crippen molar-refractivity contribution in [1.29, 1.82) is 0 Å². The third-order valence-electron chi connectivity index (χ3n) is 6.86. The quantitative estimate of drug-likeness (QED) is 0.507. The van der Waals surface area contributed by atoms with E-state index in [-0.39, 0.29) is 23.3 Å². The number of benzene rings is 2. The van der Waals surface area contributed by atoms with E-state index in [1.165, 1.54) is 12.1 Å². The summed E-state index contributed by atoms with van der Waals surface area (Å²) in [6, 6.07) is 8.41. The Hall–Kier alpha value is -3.52. The molecular formula is C25H23FN4O3. The molecule has 6 rings (SSSR count). The highest BCUT2D eigenvalue weighted by atomic mass is 19.1. The molecule has 4 heterocycles. The maximum atomic E-state index is 13.6. The van der Waals surface area contributed by atoms with Crippen molar-refractivity contribution in [2.75, 3.05) is 24.7 Å². The number of carbonyl (C=O) groups is 1. The van der Waals surface area contributed by atoms with E-state index in [1.54, 1.807) is 23.2 Å². The first-order valence-corrected chi connectivity index (χ1v) is 11.2. The highest BCUT2D eigenvalue weighted by molar-refractivity contribution is 6.12. The van der Waals surface area contributed by atoms with Crippen LogP contribution in [0.4, 0.5) is 10.1 Å². The van der Waals surface area contributed by atoms with E-state index in [4.69, 9.17) is 4.74 Å². The predicted octanol–water partition coefficient (Wildman–Crippen LogP) is 3.88. The Morgan fingerprint density at radius 2 is 2.00 bits per heavy atom. The van der Waals surface area contributed by atoms with Crippen molar-refractivity contribution in [2.24, 2.45) is 0 Å². The summed E-state index contributed by atoms with van der Waals surface area (Å²) in [7, 11) is 0. The smallest absolute Gasteiger partial charge is 0.259 e. The summed E-state index contributed by atoms with van der Waals surface area (Å²) in [4.78, 5) is 30.9. The van der Waals surface area contributed by atoms with Gasteiger partial charge < -0.3 is 14.6 Å². The minimum absolute atomic E-state index is 0.154. The number of fused-ring (bicyclic) bond motifs is 4. The lowest BCUT2D eigenvalue weighted by Gasteiger charge is -2.23. The Morgan fingerprint density at radius 1 is 1.18 bits per heavy atom. The minimum atomic E-state index is -0.298. The van der Waals surface area contributed by atoms with Crippen molar-refractivity contribution in [3.8, 4) is 0 Å². The zero-order valence-electron chi connectivity index (χ0n) is 18.2. The molecule has 1 fully saturated rings. The number of H-pyrrole nitrogens is 1. The van der Waals surface area contributed by atoms with E-state index >= 15 is 0 Å². The number of rotatable bonds is 2. The molecule has 2 aliphatic rings. The van der Waals surface area contributed by atoms with Crippen molar-refractivity contribution in [2.45, 2.75) is 32.2 Å². The van der Waals surface area contributed by atoms with Crippen LogP contribution in [0.25, 0.3) is 21.8 Å². The van der Waals surface area contributed by atoms with Crippen LogP contribution in [0.1, 0.15) is 40.4 Å². The lowest BCUT2D eigenvalue weighted by atomic mass is 10.0. The standard InChI is InChI=1S/C25H23FN4O3/c1-14-10-19-21(12-18(14)25(32)29-7-4-15-11-16(26)2-3-22(15)29)28-24(31)20-13-27-30(23(19)20)17-5-8-33-9-6-17/h2-3,10-13,17H,4-9H2,1H3,(H,28,31). The zero-order chi connectivity index (χ0) is 22.7. The molecule has 4 aromatic rings. The predicted molar refractivity (Wildman–Crippen MR) is 123 cm³/mol. The van der Waals surface area contributed by atoms with Crippen LogP contribution >= 0.6 is 0 Å². The van der Waals surface area contributed by atoms with Crippen LogP contribution in [0.15, 0.2) is 41.3 Å². The van der Waals surface area contributed by atoms with E-state index in [1.807, 2.05) is 17.7 Å². The number of aromatic amines is 1. The van der Waals surface area contributed by atoms with Gasteiger partial charge in [0.05, 0.1) is 28.7 Å². The molecule has 0 spiro atoms. The number of aryl methyl sites for hydroxylation is 1.